The SMILES string of the molecule is COC1CCC(NCC(O)c2cc(F)ccc2F)C1. The molecular formula is C14H19F2NO2. The highest BCUT2D eigenvalue weighted by molar-refractivity contribution is 5.21. The summed E-state index contributed by atoms with van der Waals surface area (Å²) in [5.41, 5.74) is -0.00575. The van der Waals surface area contributed by atoms with Gasteiger partial charge in [-0.3, -0.25) is 0 Å². The lowest BCUT2D eigenvalue weighted by Crippen LogP contribution is -2.31. The van der Waals surface area contributed by atoms with E-state index in [0.717, 1.165) is 37.5 Å². The first kappa shape index (κ1) is 14.4. The third-order valence-electron chi connectivity index (χ3n) is 3.63. The summed E-state index contributed by atoms with van der Waals surface area (Å²) >= 11 is 0. The van der Waals surface area contributed by atoms with Crippen molar-refractivity contribution in [1.29, 1.82) is 0 Å². The largest absolute Gasteiger partial charge is 0.387 e. The van der Waals surface area contributed by atoms with E-state index in [9.17, 15) is 13.9 Å². The minimum Gasteiger partial charge on any atom is -0.387 e. The molecule has 1 fully saturated rings. The van der Waals surface area contributed by atoms with Crippen LogP contribution >= 0.6 is 0 Å². The number of halogens is 2. The Bertz CT molecular complexity index is 428. The first-order valence-electron chi connectivity index (χ1n) is 6.49. The van der Waals surface area contributed by atoms with E-state index >= 15 is 0 Å². The van der Waals surface area contributed by atoms with Gasteiger partial charge < -0.3 is 15.2 Å². The van der Waals surface area contributed by atoms with Crippen LogP contribution in [0, 0.1) is 11.6 Å². The first-order valence-corrected chi connectivity index (χ1v) is 6.49. The van der Waals surface area contributed by atoms with Gasteiger partial charge in [0.25, 0.3) is 0 Å². The fraction of sp³-hybridized carbons (Fsp3) is 0.571. The smallest absolute Gasteiger partial charge is 0.129 e. The maximum absolute atomic E-state index is 13.5. The number of rotatable bonds is 5. The summed E-state index contributed by atoms with van der Waals surface area (Å²) in [5, 5.41) is 13.1. The van der Waals surface area contributed by atoms with Gasteiger partial charge in [0.2, 0.25) is 0 Å². The molecule has 1 aromatic rings. The predicted octanol–water partition coefficient (Wildman–Crippen LogP) is 2.16. The van der Waals surface area contributed by atoms with Crippen molar-refractivity contribution in [3.63, 3.8) is 0 Å². The van der Waals surface area contributed by atoms with Crippen LogP contribution in [0.15, 0.2) is 18.2 Å². The Morgan fingerprint density at radius 1 is 1.42 bits per heavy atom. The summed E-state index contributed by atoms with van der Waals surface area (Å²) in [6.07, 6.45) is 2.04. The van der Waals surface area contributed by atoms with Crippen LogP contribution in [0.5, 0.6) is 0 Å². The van der Waals surface area contributed by atoms with Crippen molar-refractivity contribution in [2.75, 3.05) is 13.7 Å². The van der Waals surface area contributed by atoms with E-state index in [0.29, 0.717) is 0 Å². The monoisotopic (exact) mass is 271 g/mol. The molecule has 1 aliphatic rings. The van der Waals surface area contributed by atoms with Gasteiger partial charge in [0.1, 0.15) is 11.6 Å². The zero-order valence-corrected chi connectivity index (χ0v) is 10.9. The number of nitrogens with one attached hydrogen (secondary N) is 1. The minimum absolute atomic E-state index is 0.00575. The minimum atomic E-state index is -1.04. The van der Waals surface area contributed by atoms with E-state index in [1.807, 2.05) is 0 Å². The van der Waals surface area contributed by atoms with Crippen LogP contribution in [-0.2, 0) is 4.74 Å². The van der Waals surface area contributed by atoms with Crippen molar-refractivity contribution >= 4 is 0 Å². The predicted molar refractivity (Wildman–Crippen MR) is 67.8 cm³/mol. The van der Waals surface area contributed by atoms with Gasteiger partial charge in [-0.05, 0) is 37.5 Å². The van der Waals surface area contributed by atoms with Crippen LogP contribution in [0.1, 0.15) is 30.9 Å². The van der Waals surface area contributed by atoms with Crippen molar-refractivity contribution in [1.82, 2.24) is 5.32 Å². The molecule has 3 atom stereocenters. The van der Waals surface area contributed by atoms with Gasteiger partial charge in [-0.15, -0.1) is 0 Å². The normalized spacial score (nSPS) is 24.6. The average molecular weight is 271 g/mol. The molecule has 3 unspecified atom stereocenters. The number of hydrogen-bond donors (Lipinski definition) is 2. The zero-order chi connectivity index (χ0) is 13.8. The highest BCUT2D eigenvalue weighted by Crippen LogP contribution is 2.23. The highest BCUT2D eigenvalue weighted by Gasteiger charge is 2.25. The lowest BCUT2D eigenvalue weighted by atomic mass is 10.1. The van der Waals surface area contributed by atoms with Gasteiger partial charge in [0, 0.05) is 25.3 Å². The fourth-order valence-electron chi connectivity index (χ4n) is 2.50. The maximum Gasteiger partial charge on any atom is 0.129 e. The van der Waals surface area contributed by atoms with Crippen molar-refractivity contribution < 1.29 is 18.6 Å². The molecule has 106 valence electrons. The maximum atomic E-state index is 13.5. The lowest BCUT2D eigenvalue weighted by molar-refractivity contribution is 0.105. The highest BCUT2D eigenvalue weighted by atomic mass is 19.1. The standard InChI is InChI=1S/C14H19F2NO2/c1-19-11-4-3-10(7-11)17-8-14(18)12-6-9(15)2-5-13(12)16/h2,5-6,10-11,14,17-18H,3-4,7-8H2,1H3. The molecule has 1 aromatic carbocycles. The molecule has 0 aromatic heterocycles. The van der Waals surface area contributed by atoms with E-state index in [4.69, 9.17) is 4.74 Å². The van der Waals surface area contributed by atoms with E-state index in [1.54, 1.807) is 7.11 Å². The molecule has 19 heavy (non-hydrogen) atoms. The number of ether oxygens (including phenoxy) is 1. The van der Waals surface area contributed by atoms with Crippen LogP contribution in [0.2, 0.25) is 0 Å². The van der Waals surface area contributed by atoms with E-state index in [2.05, 4.69) is 5.32 Å². The molecule has 5 heteroatoms. The third-order valence-corrected chi connectivity index (χ3v) is 3.63. The first-order chi connectivity index (χ1) is 9.10. The Morgan fingerprint density at radius 3 is 2.89 bits per heavy atom. The third kappa shape index (κ3) is 3.72. The van der Waals surface area contributed by atoms with E-state index in [-0.39, 0.29) is 24.3 Å². The Morgan fingerprint density at radius 2 is 2.21 bits per heavy atom. The molecule has 0 radical (unpaired) electrons. The van der Waals surface area contributed by atoms with Crippen LogP contribution in [-0.4, -0.2) is 30.9 Å². The van der Waals surface area contributed by atoms with Gasteiger partial charge in [-0.1, -0.05) is 0 Å². The molecule has 0 bridgehead atoms. The molecular weight excluding hydrogens is 252 g/mol. The Kier molecular flexibility index (Phi) is 4.85. The second kappa shape index (κ2) is 6.41. The summed E-state index contributed by atoms with van der Waals surface area (Å²) in [7, 11) is 1.68. The second-order valence-corrected chi connectivity index (χ2v) is 4.96. The van der Waals surface area contributed by atoms with Gasteiger partial charge >= 0.3 is 0 Å². The van der Waals surface area contributed by atoms with Crippen molar-refractivity contribution in [3.05, 3.63) is 35.4 Å². The molecule has 1 saturated carbocycles. The number of aliphatic hydroxyl groups is 1. The summed E-state index contributed by atoms with van der Waals surface area (Å²) in [6.45, 7) is 0.210. The molecule has 0 amide bonds. The van der Waals surface area contributed by atoms with E-state index < -0.39 is 17.7 Å². The second-order valence-electron chi connectivity index (χ2n) is 4.96. The average Bonchev–Trinajstić information content (AvgIpc) is 2.87. The van der Waals surface area contributed by atoms with Gasteiger partial charge in [-0.2, -0.15) is 0 Å². The molecule has 2 rings (SSSR count). The van der Waals surface area contributed by atoms with Gasteiger partial charge in [0.15, 0.2) is 0 Å². The number of aliphatic hydroxyl groups excluding tert-OH is 1. The molecule has 0 saturated heterocycles. The Labute approximate surface area is 111 Å². The molecule has 2 N–H and O–H groups in total. The van der Waals surface area contributed by atoms with Crippen molar-refractivity contribution in [2.24, 2.45) is 0 Å². The summed E-state index contributed by atoms with van der Waals surface area (Å²) in [4.78, 5) is 0. The topological polar surface area (TPSA) is 41.5 Å². The van der Waals surface area contributed by atoms with Gasteiger partial charge in [-0.25, -0.2) is 8.78 Å². The molecule has 1 aliphatic carbocycles. The Balaban J connectivity index is 1.87. The zero-order valence-electron chi connectivity index (χ0n) is 10.9. The lowest BCUT2D eigenvalue weighted by Gasteiger charge is -2.17. The van der Waals surface area contributed by atoms with E-state index in [1.165, 1.54) is 0 Å². The summed E-state index contributed by atoms with van der Waals surface area (Å²) in [5.74, 6) is -1.13. The fourth-order valence-corrected chi connectivity index (χ4v) is 2.50. The van der Waals surface area contributed by atoms with Crippen LogP contribution in [0.25, 0.3) is 0 Å². The van der Waals surface area contributed by atoms with Crippen LogP contribution < -0.4 is 5.32 Å². The van der Waals surface area contributed by atoms with Gasteiger partial charge in [0.05, 0.1) is 12.2 Å². The summed E-state index contributed by atoms with van der Waals surface area (Å²) in [6, 6.07) is 3.37. The summed E-state index contributed by atoms with van der Waals surface area (Å²) < 4.78 is 31.7. The van der Waals surface area contributed by atoms with Crippen LogP contribution in [0.3, 0.4) is 0 Å². The quantitative estimate of drug-likeness (QED) is 0.862. The number of methoxy groups -OCH3 is 1. The van der Waals surface area contributed by atoms with Crippen molar-refractivity contribution in [2.45, 2.75) is 37.5 Å². The van der Waals surface area contributed by atoms with Crippen LogP contribution in [0.4, 0.5) is 8.78 Å². The molecule has 3 nitrogen and oxygen atoms in total. The Hall–Kier alpha value is -1.04. The number of hydrogen-bond acceptors (Lipinski definition) is 3. The molecule has 0 aliphatic heterocycles. The number of benzene rings is 1. The molecule has 0 spiro atoms. The molecule has 0 heterocycles. The van der Waals surface area contributed by atoms with Crippen molar-refractivity contribution in [3.8, 4) is 0 Å².